The number of hydrogen-bond acceptors (Lipinski definition) is 4. The summed E-state index contributed by atoms with van der Waals surface area (Å²) >= 11 is 0. The fourth-order valence-electron chi connectivity index (χ4n) is 4.23. The molecule has 1 atom stereocenters. The van der Waals surface area contributed by atoms with Crippen LogP contribution in [0, 0.1) is 11.6 Å². The van der Waals surface area contributed by atoms with Crippen LogP contribution in [0.5, 0.6) is 11.5 Å². The molecule has 0 spiro atoms. The first kappa shape index (κ1) is 27.3. The van der Waals surface area contributed by atoms with Crippen LogP contribution in [0.25, 0.3) is 0 Å². The molecule has 200 valence electrons. The Balaban J connectivity index is 1.76. The molecule has 1 unspecified atom stereocenters. The van der Waals surface area contributed by atoms with Crippen LogP contribution in [0.15, 0.2) is 97.1 Å². The number of methoxy groups -OCH3 is 2. The van der Waals surface area contributed by atoms with Gasteiger partial charge < -0.3 is 19.7 Å². The van der Waals surface area contributed by atoms with Gasteiger partial charge in [0.15, 0.2) is 0 Å². The lowest BCUT2D eigenvalue weighted by Crippen LogP contribution is -2.41. The van der Waals surface area contributed by atoms with E-state index in [2.05, 4.69) is 5.32 Å². The van der Waals surface area contributed by atoms with E-state index in [9.17, 15) is 18.4 Å². The van der Waals surface area contributed by atoms with Crippen LogP contribution in [0.3, 0.4) is 0 Å². The number of ether oxygens (including phenoxy) is 2. The summed E-state index contributed by atoms with van der Waals surface area (Å²) < 4.78 is 38.7. The Bertz CT molecular complexity index is 1430. The molecule has 4 aromatic rings. The Labute approximate surface area is 225 Å². The van der Waals surface area contributed by atoms with Gasteiger partial charge in [-0.25, -0.2) is 8.78 Å². The van der Waals surface area contributed by atoms with Crippen LogP contribution in [0.2, 0.25) is 0 Å². The summed E-state index contributed by atoms with van der Waals surface area (Å²) in [5.41, 5.74) is 1.99. The zero-order valence-electron chi connectivity index (χ0n) is 21.6. The molecule has 0 aliphatic rings. The molecule has 0 aromatic heterocycles. The van der Waals surface area contributed by atoms with Gasteiger partial charge >= 0.3 is 0 Å². The van der Waals surface area contributed by atoms with Crippen molar-refractivity contribution in [1.82, 2.24) is 4.90 Å². The number of benzene rings is 4. The summed E-state index contributed by atoms with van der Waals surface area (Å²) in [7, 11) is 2.97. The average Bonchev–Trinajstić information content (AvgIpc) is 2.94. The van der Waals surface area contributed by atoms with Crippen molar-refractivity contribution in [3.8, 4) is 11.5 Å². The van der Waals surface area contributed by atoms with Crippen LogP contribution in [0.4, 0.5) is 14.5 Å². The number of rotatable bonds is 10. The monoisotopic (exact) mass is 530 g/mol. The van der Waals surface area contributed by atoms with Crippen LogP contribution >= 0.6 is 0 Å². The Hall–Kier alpha value is -4.72. The van der Waals surface area contributed by atoms with Gasteiger partial charge in [0, 0.05) is 12.6 Å². The fraction of sp³-hybridized carbons (Fsp3) is 0.161. The van der Waals surface area contributed by atoms with E-state index in [1.54, 1.807) is 36.4 Å². The molecule has 2 amide bonds. The third-order valence-electron chi connectivity index (χ3n) is 6.18. The zero-order chi connectivity index (χ0) is 27.8. The number of halogens is 2. The third kappa shape index (κ3) is 6.98. The van der Waals surface area contributed by atoms with Gasteiger partial charge in [-0.3, -0.25) is 9.59 Å². The minimum atomic E-state index is -1.21. The van der Waals surface area contributed by atoms with Crippen molar-refractivity contribution < 1.29 is 27.8 Å². The number of anilines is 1. The molecule has 0 radical (unpaired) electrons. The molecule has 39 heavy (non-hydrogen) atoms. The zero-order valence-corrected chi connectivity index (χ0v) is 21.6. The van der Waals surface area contributed by atoms with Crippen molar-refractivity contribution in [2.24, 2.45) is 0 Å². The first-order valence-electron chi connectivity index (χ1n) is 12.2. The van der Waals surface area contributed by atoms with E-state index in [0.717, 1.165) is 5.56 Å². The molecule has 0 fully saturated rings. The minimum absolute atomic E-state index is 0.00693. The fourth-order valence-corrected chi connectivity index (χ4v) is 4.23. The second-order valence-corrected chi connectivity index (χ2v) is 8.82. The maximum Gasteiger partial charge on any atom is 0.251 e. The van der Waals surface area contributed by atoms with Crippen LogP contribution in [0.1, 0.15) is 22.7 Å². The Morgan fingerprint density at radius 1 is 0.795 bits per heavy atom. The van der Waals surface area contributed by atoms with Crippen molar-refractivity contribution in [1.29, 1.82) is 0 Å². The van der Waals surface area contributed by atoms with Crippen molar-refractivity contribution in [2.75, 3.05) is 19.5 Å². The van der Waals surface area contributed by atoms with Crippen LogP contribution < -0.4 is 14.8 Å². The SMILES string of the molecule is COc1ccc(NC(=O)C(c2cccc(F)c2)N(Cc2ccc(F)cc2)C(=O)Cc2ccccc2)c(OC)c1. The molecule has 4 rings (SSSR count). The van der Waals surface area contributed by atoms with Crippen molar-refractivity contribution in [3.63, 3.8) is 0 Å². The largest absolute Gasteiger partial charge is 0.497 e. The first-order chi connectivity index (χ1) is 18.9. The lowest BCUT2D eigenvalue weighted by Gasteiger charge is -2.32. The first-order valence-corrected chi connectivity index (χ1v) is 12.2. The van der Waals surface area contributed by atoms with Crippen molar-refractivity contribution in [2.45, 2.75) is 19.0 Å². The number of carbonyl (C=O) groups is 2. The summed E-state index contributed by atoms with van der Waals surface area (Å²) in [6.45, 7) is -0.0136. The molecular formula is C31H28F2N2O4. The molecule has 0 aliphatic heterocycles. The lowest BCUT2D eigenvalue weighted by atomic mass is 10.0. The number of carbonyl (C=O) groups excluding carboxylic acids is 2. The van der Waals surface area contributed by atoms with Gasteiger partial charge in [-0.05, 0) is 53.1 Å². The summed E-state index contributed by atoms with van der Waals surface area (Å²) in [5.74, 6) is -1.04. The van der Waals surface area contributed by atoms with E-state index in [1.165, 1.54) is 49.5 Å². The average molecular weight is 531 g/mol. The molecule has 0 heterocycles. The van der Waals surface area contributed by atoms with Crippen molar-refractivity contribution in [3.05, 3.63) is 125 Å². The predicted octanol–water partition coefficient (Wildman–Crippen LogP) is 5.93. The van der Waals surface area contributed by atoms with E-state index in [4.69, 9.17) is 9.47 Å². The maximum atomic E-state index is 14.4. The topological polar surface area (TPSA) is 67.9 Å². The van der Waals surface area contributed by atoms with Crippen LogP contribution in [-0.2, 0) is 22.6 Å². The Morgan fingerprint density at radius 2 is 1.54 bits per heavy atom. The molecule has 8 heteroatoms. The predicted molar refractivity (Wildman–Crippen MR) is 144 cm³/mol. The second-order valence-electron chi connectivity index (χ2n) is 8.82. The highest BCUT2D eigenvalue weighted by Crippen LogP contribution is 2.32. The number of nitrogens with one attached hydrogen (secondary N) is 1. The molecule has 0 saturated carbocycles. The number of hydrogen-bond donors (Lipinski definition) is 1. The third-order valence-corrected chi connectivity index (χ3v) is 6.18. The second kappa shape index (κ2) is 12.7. The summed E-state index contributed by atoms with van der Waals surface area (Å²) in [6.07, 6.45) is 0.00693. The van der Waals surface area contributed by atoms with E-state index in [-0.39, 0.29) is 24.4 Å². The Kier molecular flexibility index (Phi) is 8.89. The lowest BCUT2D eigenvalue weighted by molar-refractivity contribution is -0.139. The number of amides is 2. The van der Waals surface area contributed by atoms with Gasteiger partial charge in [0.05, 0.1) is 26.3 Å². The summed E-state index contributed by atoms with van der Waals surface area (Å²) in [5, 5.41) is 2.83. The number of nitrogens with zero attached hydrogens (tertiary/aromatic N) is 1. The van der Waals surface area contributed by atoms with Gasteiger partial charge in [-0.2, -0.15) is 0 Å². The van der Waals surface area contributed by atoms with E-state index >= 15 is 0 Å². The smallest absolute Gasteiger partial charge is 0.251 e. The highest BCUT2D eigenvalue weighted by atomic mass is 19.1. The van der Waals surface area contributed by atoms with E-state index < -0.39 is 23.6 Å². The Morgan fingerprint density at radius 3 is 2.21 bits per heavy atom. The molecule has 1 N–H and O–H groups in total. The van der Waals surface area contributed by atoms with Gasteiger partial charge in [-0.1, -0.05) is 54.6 Å². The molecule has 0 aliphatic carbocycles. The summed E-state index contributed by atoms with van der Waals surface area (Å²) in [4.78, 5) is 29.1. The van der Waals surface area contributed by atoms with E-state index in [0.29, 0.717) is 22.7 Å². The molecule has 0 bridgehead atoms. The molecule has 6 nitrogen and oxygen atoms in total. The van der Waals surface area contributed by atoms with Gasteiger partial charge in [0.1, 0.15) is 29.2 Å². The highest BCUT2D eigenvalue weighted by Gasteiger charge is 2.32. The van der Waals surface area contributed by atoms with Crippen molar-refractivity contribution >= 4 is 17.5 Å². The normalized spacial score (nSPS) is 11.4. The van der Waals surface area contributed by atoms with E-state index in [1.807, 2.05) is 30.3 Å². The minimum Gasteiger partial charge on any atom is -0.497 e. The van der Waals surface area contributed by atoms with Gasteiger partial charge in [-0.15, -0.1) is 0 Å². The standard InChI is InChI=1S/C31H28F2N2O4/c1-38-26-15-16-27(28(19-26)39-2)34-31(37)30(23-9-6-10-25(33)18-23)35(20-22-11-13-24(32)14-12-22)29(36)17-21-7-4-3-5-8-21/h3-16,18-19,30H,17,20H2,1-2H3,(H,34,37). The quantitative estimate of drug-likeness (QED) is 0.276. The van der Waals surface area contributed by atoms with Gasteiger partial charge in [0.2, 0.25) is 5.91 Å². The highest BCUT2D eigenvalue weighted by molar-refractivity contribution is 5.99. The van der Waals surface area contributed by atoms with Crippen LogP contribution in [-0.4, -0.2) is 30.9 Å². The molecular weight excluding hydrogens is 502 g/mol. The summed E-state index contributed by atoms with van der Waals surface area (Å²) in [6, 6.07) is 24.0. The maximum absolute atomic E-state index is 14.4. The molecule has 0 saturated heterocycles. The molecule has 4 aromatic carbocycles. The van der Waals surface area contributed by atoms with Gasteiger partial charge in [0.25, 0.3) is 5.91 Å².